The highest BCUT2D eigenvalue weighted by Crippen LogP contribution is 2.36. The highest BCUT2D eigenvalue weighted by atomic mass is 16.5. The van der Waals surface area contributed by atoms with Crippen LogP contribution in [-0.4, -0.2) is 31.8 Å². The quantitative estimate of drug-likeness (QED) is 0.800. The van der Waals surface area contributed by atoms with Crippen molar-refractivity contribution in [3.05, 3.63) is 23.3 Å². The lowest BCUT2D eigenvalue weighted by molar-refractivity contribution is -0.138. The number of hydrogen-bond acceptors (Lipinski definition) is 4. The maximum absolute atomic E-state index is 11.2. The summed E-state index contributed by atoms with van der Waals surface area (Å²) in [6.45, 7) is 1.99. The van der Waals surface area contributed by atoms with Gasteiger partial charge in [0.1, 0.15) is 11.5 Å². The van der Waals surface area contributed by atoms with Crippen molar-refractivity contribution in [1.29, 1.82) is 0 Å². The molecular weight excluding hydrogens is 234 g/mol. The smallest absolute Gasteiger partial charge is 0.312 e. The Morgan fingerprint density at radius 3 is 2.44 bits per heavy atom. The van der Waals surface area contributed by atoms with Gasteiger partial charge in [0.05, 0.1) is 20.1 Å². The first-order valence-electron chi connectivity index (χ1n) is 5.77. The number of rotatable bonds is 6. The molecule has 0 amide bonds. The van der Waals surface area contributed by atoms with Gasteiger partial charge in [-0.25, -0.2) is 0 Å². The Balaban J connectivity index is 3.40. The van der Waals surface area contributed by atoms with E-state index in [1.807, 2.05) is 6.92 Å². The maximum Gasteiger partial charge on any atom is 0.312 e. The monoisotopic (exact) mass is 253 g/mol. The number of methoxy groups -OCH3 is 2. The van der Waals surface area contributed by atoms with Gasteiger partial charge in [-0.15, -0.1) is 0 Å². The zero-order valence-electron chi connectivity index (χ0n) is 10.9. The van der Waals surface area contributed by atoms with E-state index in [4.69, 9.17) is 20.3 Å². The molecule has 0 aliphatic rings. The third-order valence-corrected chi connectivity index (χ3v) is 2.93. The van der Waals surface area contributed by atoms with Crippen molar-refractivity contribution in [2.24, 2.45) is 5.73 Å². The predicted octanol–water partition coefficient (Wildman–Crippen LogP) is 1.39. The summed E-state index contributed by atoms with van der Waals surface area (Å²) in [5.74, 6) is -0.479. The second-order valence-corrected chi connectivity index (χ2v) is 3.85. The highest BCUT2D eigenvalue weighted by molar-refractivity contribution is 5.78. The number of nitrogens with two attached hydrogens (primary N) is 1. The Hall–Kier alpha value is -1.75. The third kappa shape index (κ3) is 2.56. The van der Waals surface area contributed by atoms with Gasteiger partial charge in [0, 0.05) is 17.7 Å². The van der Waals surface area contributed by atoms with Crippen molar-refractivity contribution in [2.75, 3.05) is 20.8 Å². The van der Waals surface area contributed by atoms with Crippen LogP contribution in [0.5, 0.6) is 11.5 Å². The van der Waals surface area contributed by atoms with Crippen LogP contribution in [0.3, 0.4) is 0 Å². The van der Waals surface area contributed by atoms with E-state index in [1.54, 1.807) is 19.2 Å². The van der Waals surface area contributed by atoms with Gasteiger partial charge in [0.2, 0.25) is 0 Å². The molecule has 0 aliphatic carbocycles. The molecule has 0 aliphatic heterocycles. The van der Waals surface area contributed by atoms with Gasteiger partial charge in [0.15, 0.2) is 0 Å². The van der Waals surface area contributed by atoms with Gasteiger partial charge >= 0.3 is 5.97 Å². The van der Waals surface area contributed by atoms with Crippen LogP contribution in [-0.2, 0) is 11.2 Å². The first-order chi connectivity index (χ1) is 8.60. The summed E-state index contributed by atoms with van der Waals surface area (Å²) in [4.78, 5) is 11.2. The van der Waals surface area contributed by atoms with Gasteiger partial charge in [-0.05, 0) is 12.5 Å². The van der Waals surface area contributed by atoms with Crippen molar-refractivity contribution < 1.29 is 19.4 Å². The second-order valence-electron chi connectivity index (χ2n) is 3.85. The fourth-order valence-corrected chi connectivity index (χ4v) is 2.03. The van der Waals surface area contributed by atoms with Crippen molar-refractivity contribution in [3.63, 3.8) is 0 Å². The Morgan fingerprint density at radius 2 is 2.06 bits per heavy atom. The second kappa shape index (κ2) is 6.26. The van der Waals surface area contributed by atoms with E-state index in [0.717, 1.165) is 5.56 Å². The van der Waals surface area contributed by atoms with Crippen LogP contribution in [0.1, 0.15) is 24.0 Å². The molecule has 0 bridgehead atoms. The zero-order chi connectivity index (χ0) is 13.7. The van der Waals surface area contributed by atoms with Gasteiger partial charge in [-0.2, -0.15) is 0 Å². The normalized spacial score (nSPS) is 12.0. The maximum atomic E-state index is 11.2. The molecule has 3 N–H and O–H groups in total. The number of aliphatic carboxylic acids is 1. The number of carboxylic acids is 1. The van der Waals surface area contributed by atoms with Gasteiger partial charge in [-0.1, -0.05) is 13.0 Å². The van der Waals surface area contributed by atoms with E-state index in [1.165, 1.54) is 7.11 Å². The third-order valence-electron chi connectivity index (χ3n) is 2.93. The Morgan fingerprint density at radius 1 is 1.39 bits per heavy atom. The summed E-state index contributed by atoms with van der Waals surface area (Å²) < 4.78 is 10.6. The van der Waals surface area contributed by atoms with Crippen LogP contribution in [0.15, 0.2) is 12.1 Å². The Bertz CT molecular complexity index is 431. The van der Waals surface area contributed by atoms with Gasteiger partial charge in [-0.3, -0.25) is 4.79 Å². The topological polar surface area (TPSA) is 81.8 Å². The zero-order valence-corrected chi connectivity index (χ0v) is 10.9. The van der Waals surface area contributed by atoms with Crippen molar-refractivity contribution >= 4 is 5.97 Å². The van der Waals surface area contributed by atoms with E-state index in [2.05, 4.69) is 0 Å². The molecule has 0 heterocycles. The number of ether oxygens (including phenoxy) is 2. The molecule has 5 nitrogen and oxygen atoms in total. The summed E-state index contributed by atoms with van der Waals surface area (Å²) in [7, 11) is 3.10. The van der Waals surface area contributed by atoms with Gasteiger partial charge in [0.25, 0.3) is 0 Å². The van der Waals surface area contributed by atoms with E-state index in [9.17, 15) is 4.79 Å². The molecule has 18 heavy (non-hydrogen) atoms. The molecule has 0 saturated carbocycles. The van der Waals surface area contributed by atoms with Gasteiger partial charge < -0.3 is 20.3 Å². The van der Waals surface area contributed by atoms with Crippen molar-refractivity contribution in [3.8, 4) is 11.5 Å². The molecule has 0 saturated heterocycles. The highest BCUT2D eigenvalue weighted by Gasteiger charge is 2.24. The Labute approximate surface area is 107 Å². The van der Waals surface area contributed by atoms with Crippen LogP contribution < -0.4 is 15.2 Å². The molecule has 0 aromatic heterocycles. The first-order valence-corrected chi connectivity index (χ1v) is 5.77. The molecule has 1 unspecified atom stereocenters. The molecule has 1 aromatic carbocycles. The standard InChI is InChI=1S/C13H19NO4/c1-4-8-11(17-2)6-5-9(12(8)18-3)10(7-14)13(15)16/h5-6,10H,4,7,14H2,1-3H3,(H,15,16). The summed E-state index contributed by atoms with van der Waals surface area (Å²) in [6.07, 6.45) is 0.692. The molecule has 1 rings (SSSR count). The minimum absolute atomic E-state index is 0.0289. The van der Waals surface area contributed by atoms with Crippen molar-refractivity contribution in [2.45, 2.75) is 19.3 Å². The molecule has 1 aromatic rings. The fraction of sp³-hybridized carbons (Fsp3) is 0.462. The average Bonchev–Trinajstić information content (AvgIpc) is 2.38. The van der Waals surface area contributed by atoms with E-state index in [0.29, 0.717) is 23.5 Å². The molecule has 1 atom stereocenters. The van der Waals surface area contributed by atoms with E-state index < -0.39 is 11.9 Å². The Kier molecular flexibility index (Phi) is 4.97. The lowest BCUT2D eigenvalue weighted by Gasteiger charge is -2.19. The van der Waals surface area contributed by atoms with Crippen LogP contribution >= 0.6 is 0 Å². The molecule has 5 heteroatoms. The number of benzene rings is 1. The van der Waals surface area contributed by atoms with Crippen LogP contribution in [0.25, 0.3) is 0 Å². The summed E-state index contributed by atoms with van der Waals surface area (Å²) >= 11 is 0. The van der Waals surface area contributed by atoms with E-state index >= 15 is 0 Å². The molecule has 0 radical (unpaired) electrons. The minimum atomic E-state index is -0.956. The molecule has 100 valence electrons. The molecule has 0 fully saturated rings. The average molecular weight is 253 g/mol. The number of carbonyl (C=O) groups is 1. The minimum Gasteiger partial charge on any atom is -0.496 e. The first kappa shape index (κ1) is 14.3. The SMILES string of the molecule is CCc1c(OC)ccc(C(CN)C(=O)O)c1OC. The fourth-order valence-electron chi connectivity index (χ4n) is 2.03. The predicted molar refractivity (Wildman–Crippen MR) is 68.4 cm³/mol. The number of carboxylic acid groups (broad SMARTS) is 1. The summed E-state index contributed by atoms with van der Waals surface area (Å²) in [5, 5.41) is 9.17. The largest absolute Gasteiger partial charge is 0.496 e. The number of hydrogen-bond donors (Lipinski definition) is 2. The van der Waals surface area contributed by atoms with Crippen molar-refractivity contribution in [1.82, 2.24) is 0 Å². The van der Waals surface area contributed by atoms with E-state index in [-0.39, 0.29) is 6.54 Å². The lowest BCUT2D eigenvalue weighted by Crippen LogP contribution is -2.22. The summed E-state index contributed by atoms with van der Waals surface area (Å²) in [6, 6.07) is 3.45. The molecular formula is C13H19NO4. The van der Waals surface area contributed by atoms with Crippen LogP contribution in [0.2, 0.25) is 0 Å². The lowest BCUT2D eigenvalue weighted by atomic mass is 9.94. The van der Waals surface area contributed by atoms with Crippen LogP contribution in [0, 0.1) is 0 Å². The van der Waals surface area contributed by atoms with Crippen LogP contribution in [0.4, 0.5) is 0 Å². The summed E-state index contributed by atoms with van der Waals surface area (Å²) in [5.41, 5.74) is 6.97. The molecule has 0 spiro atoms.